The van der Waals surface area contributed by atoms with Gasteiger partial charge in [0.05, 0.1) is 0 Å². The molecule has 0 spiro atoms. The summed E-state index contributed by atoms with van der Waals surface area (Å²) in [4.78, 5) is 11.4. The third-order valence-corrected chi connectivity index (χ3v) is 3.94. The van der Waals surface area contributed by atoms with Crippen molar-refractivity contribution in [3.8, 4) is 16.4 Å². The fourth-order valence-corrected chi connectivity index (χ4v) is 2.62. The summed E-state index contributed by atoms with van der Waals surface area (Å²) in [6, 6.07) is 5.30. The molecule has 8 nitrogen and oxygen atoms in total. The second kappa shape index (κ2) is 5.19. The van der Waals surface area contributed by atoms with Gasteiger partial charge in [0.25, 0.3) is 0 Å². The quantitative estimate of drug-likeness (QED) is 0.705. The Kier molecular flexibility index (Phi) is 3.33. The third-order valence-electron chi connectivity index (χ3n) is 3.12. The van der Waals surface area contributed by atoms with E-state index < -0.39 is 5.97 Å². The Morgan fingerprint density at radius 1 is 1.27 bits per heavy atom. The molecule has 3 N–H and O–H groups in total. The van der Waals surface area contributed by atoms with Crippen LogP contribution in [-0.4, -0.2) is 36.3 Å². The normalized spacial score (nSPS) is 10.8. The highest BCUT2D eigenvalue weighted by atomic mass is 32.1. The number of carboxylic acids is 1. The summed E-state index contributed by atoms with van der Waals surface area (Å²) >= 11 is 1.30. The molecule has 112 valence electrons. The number of anilines is 1. The molecule has 0 aliphatic carbocycles. The van der Waals surface area contributed by atoms with E-state index in [1.54, 1.807) is 19.1 Å². The minimum atomic E-state index is -1.17. The minimum Gasteiger partial charge on any atom is -0.476 e. The highest BCUT2D eigenvalue weighted by Crippen LogP contribution is 2.29. The number of aryl methyl sites for hydroxylation is 2. The third kappa shape index (κ3) is 2.31. The van der Waals surface area contributed by atoms with Crippen LogP contribution in [0.15, 0.2) is 18.2 Å². The van der Waals surface area contributed by atoms with Gasteiger partial charge in [-0.2, -0.15) is 4.68 Å². The first-order valence-electron chi connectivity index (χ1n) is 6.33. The molecule has 3 rings (SSSR count). The molecule has 0 amide bonds. The van der Waals surface area contributed by atoms with E-state index >= 15 is 0 Å². The van der Waals surface area contributed by atoms with Crippen LogP contribution < -0.4 is 5.73 Å². The minimum absolute atomic E-state index is 0.156. The number of benzene rings is 1. The number of aromatic carboxylic acids is 1. The monoisotopic (exact) mass is 316 g/mol. The molecule has 9 heteroatoms. The predicted molar refractivity (Wildman–Crippen MR) is 81.1 cm³/mol. The van der Waals surface area contributed by atoms with Gasteiger partial charge < -0.3 is 10.8 Å². The van der Waals surface area contributed by atoms with E-state index in [1.165, 1.54) is 16.0 Å². The van der Waals surface area contributed by atoms with Crippen molar-refractivity contribution in [2.75, 3.05) is 5.73 Å². The summed E-state index contributed by atoms with van der Waals surface area (Å²) in [5.41, 5.74) is 8.18. The van der Waals surface area contributed by atoms with Gasteiger partial charge in [-0.1, -0.05) is 28.7 Å². The highest BCUT2D eigenvalue weighted by Gasteiger charge is 2.23. The Balaban J connectivity index is 2.25. The second-order valence-electron chi connectivity index (χ2n) is 4.68. The predicted octanol–water partition coefficient (Wildman–Crippen LogP) is 1.68. The van der Waals surface area contributed by atoms with Gasteiger partial charge in [-0.05, 0) is 25.5 Å². The first-order chi connectivity index (χ1) is 10.5. The molecule has 3 aromatic rings. The van der Waals surface area contributed by atoms with Crippen LogP contribution in [0.2, 0.25) is 0 Å². The Morgan fingerprint density at radius 3 is 2.64 bits per heavy atom. The van der Waals surface area contributed by atoms with Crippen LogP contribution in [0.5, 0.6) is 0 Å². The summed E-state index contributed by atoms with van der Waals surface area (Å²) in [6.07, 6.45) is 0. The molecule has 0 fully saturated rings. The molecule has 1 aromatic carbocycles. The number of carboxylic acid groups (broad SMARTS) is 1. The van der Waals surface area contributed by atoms with Gasteiger partial charge in [0.1, 0.15) is 10.7 Å². The lowest BCUT2D eigenvalue weighted by Crippen LogP contribution is -2.03. The molecule has 2 aromatic heterocycles. The summed E-state index contributed by atoms with van der Waals surface area (Å²) in [7, 11) is 0. The van der Waals surface area contributed by atoms with E-state index in [2.05, 4.69) is 20.5 Å². The van der Waals surface area contributed by atoms with E-state index in [-0.39, 0.29) is 5.69 Å². The molecule has 2 heterocycles. The summed E-state index contributed by atoms with van der Waals surface area (Å²) in [5, 5.41) is 26.1. The van der Waals surface area contributed by atoms with E-state index in [1.807, 2.05) is 13.0 Å². The number of nitrogens with zero attached hydrogens (tertiary/aromatic N) is 5. The van der Waals surface area contributed by atoms with Gasteiger partial charge >= 0.3 is 5.97 Å². The van der Waals surface area contributed by atoms with Crippen molar-refractivity contribution in [3.63, 3.8) is 0 Å². The van der Waals surface area contributed by atoms with Crippen molar-refractivity contribution in [3.05, 3.63) is 34.5 Å². The van der Waals surface area contributed by atoms with Gasteiger partial charge in [-0.15, -0.1) is 15.3 Å². The Hall–Kier alpha value is -2.81. The van der Waals surface area contributed by atoms with Gasteiger partial charge in [-0.25, -0.2) is 4.79 Å². The Labute approximate surface area is 129 Å². The molecular formula is C13H12N6O2S. The maximum Gasteiger partial charge on any atom is 0.358 e. The Bertz CT molecular complexity index is 869. The zero-order valence-electron chi connectivity index (χ0n) is 11.8. The standard InChI is InChI=1S/C13H12N6O2S/c1-6-3-4-8(5-9(6)14)11-10(12(20)21)16-18-19(11)13-17-15-7(2)22-13/h3-5H,14H2,1-2H3,(H,20,21). The number of aromatic nitrogens is 5. The van der Waals surface area contributed by atoms with Crippen LogP contribution in [0.25, 0.3) is 16.4 Å². The van der Waals surface area contributed by atoms with Crippen LogP contribution in [0, 0.1) is 13.8 Å². The van der Waals surface area contributed by atoms with Crippen LogP contribution >= 0.6 is 11.3 Å². The zero-order valence-corrected chi connectivity index (χ0v) is 12.6. The lowest BCUT2D eigenvalue weighted by atomic mass is 10.1. The van der Waals surface area contributed by atoms with Gasteiger partial charge in [0, 0.05) is 11.3 Å². The maximum absolute atomic E-state index is 11.4. The first kappa shape index (κ1) is 14.1. The van der Waals surface area contributed by atoms with E-state index in [9.17, 15) is 9.90 Å². The van der Waals surface area contributed by atoms with Gasteiger partial charge in [-0.3, -0.25) is 0 Å². The number of hydrogen-bond donors (Lipinski definition) is 2. The second-order valence-corrected chi connectivity index (χ2v) is 5.84. The SMILES string of the molecule is Cc1nnc(-n2nnc(C(=O)O)c2-c2ccc(C)c(N)c2)s1. The summed E-state index contributed by atoms with van der Waals surface area (Å²) < 4.78 is 1.37. The topological polar surface area (TPSA) is 120 Å². The molecule has 0 saturated heterocycles. The number of rotatable bonds is 3. The molecule has 22 heavy (non-hydrogen) atoms. The molecule has 0 aliphatic heterocycles. The number of carbonyl (C=O) groups is 1. The summed E-state index contributed by atoms with van der Waals surface area (Å²) in [6.45, 7) is 3.68. The van der Waals surface area contributed by atoms with Crippen LogP contribution in [-0.2, 0) is 0 Å². The van der Waals surface area contributed by atoms with E-state index in [0.29, 0.717) is 22.1 Å². The van der Waals surface area contributed by atoms with E-state index in [4.69, 9.17) is 5.73 Å². The summed E-state index contributed by atoms with van der Waals surface area (Å²) in [5.74, 6) is -1.17. The lowest BCUT2D eigenvalue weighted by molar-refractivity contribution is 0.0691. The molecule has 0 aliphatic rings. The zero-order chi connectivity index (χ0) is 15.9. The van der Waals surface area contributed by atoms with Gasteiger partial charge in [0.15, 0.2) is 5.69 Å². The number of nitrogens with two attached hydrogens (primary N) is 1. The Morgan fingerprint density at radius 2 is 2.05 bits per heavy atom. The molecular weight excluding hydrogens is 304 g/mol. The van der Waals surface area contributed by atoms with Crippen molar-refractivity contribution in [1.82, 2.24) is 25.2 Å². The van der Waals surface area contributed by atoms with Crippen molar-refractivity contribution >= 4 is 23.0 Å². The van der Waals surface area contributed by atoms with Crippen molar-refractivity contribution < 1.29 is 9.90 Å². The van der Waals surface area contributed by atoms with E-state index in [0.717, 1.165) is 10.6 Å². The van der Waals surface area contributed by atoms with Crippen LogP contribution in [0.1, 0.15) is 21.1 Å². The fourth-order valence-electron chi connectivity index (χ4n) is 1.98. The molecule has 0 atom stereocenters. The van der Waals surface area contributed by atoms with Crippen LogP contribution in [0.4, 0.5) is 5.69 Å². The van der Waals surface area contributed by atoms with Crippen molar-refractivity contribution in [1.29, 1.82) is 0 Å². The number of nitrogen functional groups attached to an aromatic ring is 1. The fraction of sp³-hybridized carbons (Fsp3) is 0.154. The van der Waals surface area contributed by atoms with Crippen LogP contribution in [0.3, 0.4) is 0 Å². The van der Waals surface area contributed by atoms with Crippen molar-refractivity contribution in [2.24, 2.45) is 0 Å². The molecule has 0 bridgehead atoms. The smallest absolute Gasteiger partial charge is 0.358 e. The lowest BCUT2D eigenvalue weighted by Gasteiger charge is -2.06. The first-order valence-corrected chi connectivity index (χ1v) is 7.15. The molecule has 0 unspecified atom stereocenters. The highest BCUT2D eigenvalue weighted by molar-refractivity contribution is 7.13. The molecule has 0 radical (unpaired) electrons. The average Bonchev–Trinajstić information content (AvgIpc) is 3.07. The van der Waals surface area contributed by atoms with Crippen molar-refractivity contribution in [2.45, 2.75) is 13.8 Å². The maximum atomic E-state index is 11.4. The van der Waals surface area contributed by atoms with Gasteiger partial charge in [0.2, 0.25) is 5.13 Å². The molecule has 0 saturated carbocycles. The number of hydrogen-bond acceptors (Lipinski definition) is 7. The average molecular weight is 316 g/mol. The largest absolute Gasteiger partial charge is 0.476 e.